The molecule has 0 aliphatic rings. The highest BCUT2D eigenvalue weighted by atomic mass is 35.5. The molecule has 0 fully saturated rings. The summed E-state index contributed by atoms with van der Waals surface area (Å²) in [5.41, 5.74) is 0.0711. The Bertz CT molecular complexity index is 688. The summed E-state index contributed by atoms with van der Waals surface area (Å²) in [6, 6.07) is 9.39. The molecule has 0 saturated heterocycles. The Hall–Kier alpha value is -2.27. The van der Waals surface area contributed by atoms with Gasteiger partial charge in [-0.25, -0.2) is 4.39 Å². The number of carbonyl (C=O) groups is 1. The van der Waals surface area contributed by atoms with E-state index in [9.17, 15) is 19.3 Å². The number of halogens is 2. The number of nitro benzene ring substituents is 1. The van der Waals surface area contributed by atoms with Crippen LogP contribution >= 0.6 is 11.6 Å². The average Bonchev–Trinajstić information content (AvgIpc) is 2.38. The molecule has 0 N–H and O–H groups in total. The quantitative estimate of drug-likeness (QED) is 0.489. The molecule has 0 spiro atoms. The molecular formula is C14H9ClFNO3. The minimum atomic E-state index is -0.662. The Morgan fingerprint density at radius 2 is 2.00 bits per heavy atom. The Morgan fingerprint density at radius 1 is 1.25 bits per heavy atom. The third-order valence-electron chi connectivity index (χ3n) is 2.71. The normalized spacial score (nSPS) is 10.3. The Labute approximate surface area is 119 Å². The number of hydrogen-bond donors (Lipinski definition) is 0. The SMILES string of the molecule is O=C(Cc1cccc(F)c1)c1ccc(Cl)cc1[N+](=O)[O-]. The summed E-state index contributed by atoms with van der Waals surface area (Å²) < 4.78 is 13.0. The van der Waals surface area contributed by atoms with E-state index in [4.69, 9.17) is 11.6 Å². The summed E-state index contributed by atoms with van der Waals surface area (Å²) in [4.78, 5) is 22.3. The predicted molar refractivity (Wildman–Crippen MR) is 72.5 cm³/mol. The first kappa shape index (κ1) is 14.1. The van der Waals surface area contributed by atoms with Gasteiger partial charge in [-0.3, -0.25) is 14.9 Å². The summed E-state index contributed by atoms with van der Waals surface area (Å²) in [5, 5.41) is 11.1. The molecule has 0 unspecified atom stereocenters. The number of nitro groups is 1. The highest BCUT2D eigenvalue weighted by molar-refractivity contribution is 6.31. The summed E-state index contributed by atoms with van der Waals surface area (Å²) in [6.45, 7) is 0. The van der Waals surface area contributed by atoms with Gasteiger partial charge in [0, 0.05) is 17.5 Å². The lowest BCUT2D eigenvalue weighted by Crippen LogP contribution is -2.07. The molecule has 0 bridgehead atoms. The van der Waals surface area contributed by atoms with Crippen molar-refractivity contribution < 1.29 is 14.1 Å². The predicted octanol–water partition coefficient (Wildman–Crippen LogP) is 3.81. The van der Waals surface area contributed by atoms with Crippen LogP contribution in [0, 0.1) is 15.9 Å². The van der Waals surface area contributed by atoms with Gasteiger partial charge in [-0.2, -0.15) is 0 Å². The second-order valence-electron chi connectivity index (χ2n) is 4.15. The number of benzene rings is 2. The Kier molecular flexibility index (Phi) is 4.10. The number of rotatable bonds is 4. The molecule has 2 rings (SSSR count). The maximum absolute atomic E-state index is 13.0. The topological polar surface area (TPSA) is 60.2 Å². The van der Waals surface area contributed by atoms with Crippen LogP contribution in [0.25, 0.3) is 0 Å². The van der Waals surface area contributed by atoms with Crippen molar-refractivity contribution in [3.05, 3.63) is 74.5 Å². The van der Waals surface area contributed by atoms with Gasteiger partial charge in [-0.15, -0.1) is 0 Å². The van der Waals surface area contributed by atoms with Crippen molar-refractivity contribution >= 4 is 23.1 Å². The van der Waals surface area contributed by atoms with Gasteiger partial charge >= 0.3 is 0 Å². The standard InChI is InChI=1S/C14H9ClFNO3/c15-10-4-5-12(13(8-10)17(19)20)14(18)7-9-2-1-3-11(16)6-9/h1-6,8H,7H2. The molecule has 0 radical (unpaired) electrons. The maximum Gasteiger partial charge on any atom is 0.281 e. The third kappa shape index (κ3) is 3.19. The molecule has 0 saturated carbocycles. The van der Waals surface area contributed by atoms with E-state index < -0.39 is 16.5 Å². The van der Waals surface area contributed by atoms with E-state index in [-0.39, 0.29) is 22.7 Å². The van der Waals surface area contributed by atoms with Gasteiger partial charge in [0.05, 0.1) is 10.5 Å². The molecule has 2 aromatic carbocycles. The van der Waals surface area contributed by atoms with E-state index in [1.54, 1.807) is 6.07 Å². The van der Waals surface area contributed by atoms with Gasteiger partial charge in [0.25, 0.3) is 5.69 Å². The van der Waals surface area contributed by atoms with Crippen LogP contribution in [-0.4, -0.2) is 10.7 Å². The van der Waals surface area contributed by atoms with Crippen molar-refractivity contribution in [1.82, 2.24) is 0 Å². The first-order chi connectivity index (χ1) is 9.47. The Morgan fingerprint density at radius 3 is 2.65 bits per heavy atom. The fraction of sp³-hybridized carbons (Fsp3) is 0.0714. The number of carbonyl (C=O) groups excluding carboxylic acids is 1. The van der Waals surface area contributed by atoms with Crippen LogP contribution in [0.2, 0.25) is 5.02 Å². The minimum Gasteiger partial charge on any atom is -0.294 e. The van der Waals surface area contributed by atoms with Gasteiger partial charge in [0.15, 0.2) is 5.78 Å². The lowest BCUT2D eigenvalue weighted by Gasteiger charge is -2.03. The van der Waals surface area contributed by atoms with E-state index in [0.717, 1.165) is 6.07 Å². The van der Waals surface area contributed by atoms with Gasteiger partial charge in [0.1, 0.15) is 5.82 Å². The second-order valence-corrected chi connectivity index (χ2v) is 4.58. The van der Waals surface area contributed by atoms with Gasteiger partial charge in [-0.05, 0) is 29.8 Å². The molecule has 0 amide bonds. The molecule has 0 heterocycles. The van der Waals surface area contributed by atoms with Gasteiger partial charge in [-0.1, -0.05) is 23.7 Å². The average molecular weight is 294 g/mol. The monoisotopic (exact) mass is 293 g/mol. The molecule has 102 valence electrons. The zero-order valence-electron chi connectivity index (χ0n) is 10.2. The third-order valence-corrected chi connectivity index (χ3v) is 2.95. The van der Waals surface area contributed by atoms with E-state index in [0.29, 0.717) is 5.56 Å². The summed E-state index contributed by atoms with van der Waals surface area (Å²) in [6.07, 6.45) is -0.111. The number of ketones is 1. The lowest BCUT2D eigenvalue weighted by molar-refractivity contribution is -0.385. The first-order valence-corrected chi connectivity index (χ1v) is 6.07. The van der Waals surface area contributed by atoms with Gasteiger partial charge < -0.3 is 0 Å². The highest BCUT2D eigenvalue weighted by Gasteiger charge is 2.20. The summed E-state index contributed by atoms with van der Waals surface area (Å²) in [7, 11) is 0. The van der Waals surface area contributed by atoms with E-state index in [1.165, 1.54) is 30.3 Å². The molecule has 0 aliphatic heterocycles. The van der Waals surface area contributed by atoms with Crippen molar-refractivity contribution in [3.63, 3.8) is 0 Å². The van der Waals surface area contributed by atoms with Crippen LogP contribution in [0.4, 0.5) is 10.1 Å². The van der Waals surface area contributed by atoms with E-state index in [2.05, 4.69) is 0 Å². The van der Waals surface area contributed by atoms with Crippen LogP contribution in [0.15, 0.2) is 42.5 Å². The van der Waals surface area contributed by atoms with Crippen LogP contribution in [0.5, 0.6) is 0 Å². The van der Waals surface area contributed by atoms with Crippen molar-refractivity contribution in [2.45, 2.75) is 6.42 Å². The molecular weight excluding hydrogens is 285 g/mol. The molecule has 0 atom stereocenters. The van der Waals surface area contributed by atoms with Gasteiger partial charge in [0.2, 0.25) is 0 Å². The first-order valence-electron chi connectivity index (χ1n) is 5.69. The molecule has 0 aromatic heterocycles. The summed E-state index contributed by atoms with van der Waals surface area (Å²) >= 11 is 5.68. The second kappa shape index (κ2) is 5.79. The van der Waals surface area contributed by atoms with E-state index >= 15 is 0 Å². The zero-order valence-corrected chi connectivity index (χ0v) is 10.9. The maximum atomic E-state index is 13.0. The van der Waals surface area contributed by atoms with Crippen molar-refractivity contribution in [1.29, 1.82) is 0 Å². The minimum absolute atomic E-state index is 0.0383. The zero-order chi connectivity index (χ0) is 14.7. The lowest BCUT2D eigenvalue weighted by atomic mass is 10.0. The van der Waals surface area contributed by atoms with Crippen molar-refractivity contribution in [2.24, 2.45) is 0 Å². The van der Waals surface area contributed by atoms with Crippen LogP contribution < -0.4 is 0 Å². The summed E-state index contributed by atoms with van der Waals surface area (Å²) in [5.74, 6) is -0.917. The van der Waals surface area contributed by atoms with E-state index in [1.807, 2.05) is 0 Å². The van der Waals surface area contributed by atoms with Crippen molar-refractivity contribution in [3.8, 4) is 0 Å². The fourth-order valence-corrected chi connectivity index (χ4v) is 1.99. The number of hydrogen-bond acceptors (Lipinski definition) is 3. The van der Waals surface area contributed by atoms with Crippen LogP contribution in [-0.2, 0) is 6.42 Å². The Balaban J connectivity index is 2.32. The molecule has 20 heavy (non-hydrogen) atoms. The molecule has 6 heteroatoms. The number of Topliss-reactive ketones (excluding diaryl/α,β-unsaturated/α-hetero) is 1. The smallest absolute Gasteiger partial charge is 0.281 e. The molecule has 4 nitrogen and oxygen atoms in total. The molecule has 2 aromatic rings. The van der Waals surface area contributed by atoms with Crippen LogP contribution in [0.3, 0.4) is 0 Å². The highest BCUT2D eigenvalue weighted by Crippen LogP contribution is 2.24. The van der Waals surface area contributed by atoms with Crippen molar-refractivity contribution in [2.75, 3.05) is 0 Å². The molecule has 0 aliphatic carbocycles. The largest absolute Gasteiger partial charge is 0.294 e. The van der Waals surface area contributed by atoms with Crippen LogP contribution in [0.1, 0.15) is 15.9 Å². The fourth-order valence-electron chi connectivity index (χ4n) is 1.82. The number of nitrogens with zero attached hydrogens (tertiary/aromatic N) is 1.